The van der Waals surface area contributed by atoms with Crippen molar-refractivity contribution >= 4 is 0 Å². The first-order valence-electron chi connectivity index (χ1n) is 6.62. The Hall–Kier alpha value is -0.830. The molecule has 0 spiro atoms. The Bertz CT molecular complexity index is 367. The van der Waals surface area contributed by atoms with Crippen molar-refractivity contribution < 1.29 is 0 Å². The van der Waals surface area contributed by atoms with Gasteiger partial charge in [-0.3, -0.25) is 0 Å². The Labute approximate surface area is 105 Å². The Morgan fingerprint density at radius 1 is 1.35 bits per heavy atom. The Balaban J connectivity index is 2.25. The first kappa shape index (κ1) is 12.6. The van der Waals surface area contributed by atoms with E-state index in [-0.39, 0.29) is 0 Å². The van der Waals surface area contributed by atoms with E-state index in [1.165, 1.54) is 18.7 Å². The molecule has 1 aromatic heterocycles. The van der Waals surface area contributed by atoms with Crippen molar-refractivity contribution in [2.75, 3.05) is 13.1 Å². The van der Waals surface area contributed by atoms with E-state index in [0.717, 1.165) is 19.5 Å². The lowest BCUT2D eigenvalue weighted by atomic mass is 9.60. The normalized spacial score (nSPS) is 20.5. The highest BCUT2D eigenvalue weighted by Gasteiger charge is 2.43. The zero-order chi connectivity index (χ0) is 12.5. The lowest BCUT2D eigenvalue weighted by Crippen LogP contribution is -2.46. The molecular formula is C14H25N3. The van der Waals surface area contributed by atoms with Crippen LogP contribution in [0, 0.1) is 10.8 Å². The number of aryl methyl sites for hydroxylation is 1. The summed E-state index contributed by atoms with van der Waals surface area (Å²) in [5, 5.41) is 3.48. The van der Waals surface area contributed by atoms with Crippen LogP contribution in [0.2, 0.25) is 0 Å². The number of piperidine rings is 1. The number of rotatable bonds is 2. The number of hydrogen-bond acceptors (Lipinski definition) is 2. The summed E-state index contributed by atoms with van der Waals surface area (Å²) in [5.74, 6) is 1.22. The van der Waals surface area contributed by atoms with Crippen LogP contribution in [-0.2, 0) is 13.5 Å². The van der Waals surface area contributed by atoms with Crippen molar-refractivity contribution in [3.8, 4) is 0 Å². The van der Waals surface area contributed by atoms with Gasteiger partial charge in [0.05, 0.1) is 0 Å². The molecule has 0 atom stereocenters. The van der Waals surface area contributed by atoms with Crippen molar-refractivity contribution in [2.24, 2.45) is 17.9 Å². The monoisotopic (exact) mass is 235 g/mol. The van der Waals surface area contributed by atoms with E-state index in [0.29, 0.717) is 10.8 Å². The highest BCUT2D eigenvalue weighted by Crippen LogP contribution is 2.47. The van der Waals surface area contributed by atoms with Gasteiger partial charge in [0.1, 0.15) is 5.82 Å². The van der Waals surface area contributed by atoms with Crippen LogP contribution < -0.4 is 5.32 Å². The van der Waals surface area contributed by atoms with Gasteiger partial charge in [-0.15, -0.1) is 0 Å². The predicted octanol–water partition coefficient (Wildman–Crippen LogP) is 2.38. The molecule has 1 saturated heterocycles. The summed E-state index contributed by atoms with van der Waals surface area (Å²) in [7, 11) is 2.10. The van der Waals surface area contributed by atoms with Crippen LogP contribution in [0.15, 0.2) is 12.4 Å². The van der Waals surface area contributed by atoms with Crippen molar-refractivity contribution in [3.05, 3.63) is 18.2 Å². The lowest BCUT2D eigenvalue weighted by Gasteiger charge is -2.47. The van der Waals surface area contributed by atoms with Gasteiger partial charge in [0.25, 0.3) is 0 Å². The average Bonchev–Trinajstić information content (AvgIpc) is 2.64. The fourth-order valence-corrected chi connectivity index (χ4v) is 2.97. The van der Waals surface area contributed by atoms with Crippen LogP contribution in [0.3, 0.4) is 0 Å². The number of imidazole rings is 1. The summed E-state index contributed by atoms with van der Waals surface area (Å²) in [4.78, 5) is 4.51. The Morgan fingerprint density at radius 2 is 2.00 bits per heavy atom. The first-order chi connectivity index (χ1) is 7.95. The zero-order valence-electron chi connectivity index (χ0n) is 11.6. The summed E-state index contributed by atoms with van der Waals surface area (Å²) < 4.78 is 2.16. The van der Waals surface area contributed by atoms with E-state index >= 15 is 0 Å². The first-order valence-corrected chi connectivity index (χ1v) is 6.62. The maximum absolute atomic E-state index is 4.51. The van der Waals surface area contributed by atoms with Crippen LogP contribution in [0.1, 0.15) is 39.4 Å². The third-order valence-electron chi connectivity index (χ3n) is 4.57. The van der Waals surface area contributed by atoms with Gasteiger partial charge in [-0.05, 0) is 36.8 Å². The van der Waals surface area contributed by atoms with Crippen LogP contribution in [0.5, 0.6) is 0 Å². The molecule has 0 saturated carbocycles. The molecule has 1 fully saturated rings. The number of nitrogens with zero attached hydrogens (tertiary/aromatic N) is 2. The molecule has 0 bridgehead atoms. The molecule has 1 N–H and O–H groups in total. The topological polar surface area (TPSA) is 29.9 Å². The highest BCUT2D eigenvalue weighted by molar-refractivity contribution is 5.03. The number of nitrogens with one attached hydrogen (secondary N) is 1. The van der Waals surface area contributed by atoms with Gasteiger partial charge >= 0.3 is 0 Å². The molecule has 0 amide bonds. The van der Waals surface area contributed by atoms with Gasteiger partial charge in [-0.25, -0.2) is 4.98 Å². The maximum atomic E-state index is 4.51. The van der Waals surface area contributed by atoms with Gasteiger partial charge in [-0.2, -0.15) is 0 Å². The molecule has 1 aliphatic heterocycles. The molecule has 17 heavy (non-hydrogen) atoms. The molecule has 2 heterocycles. The van der Waals surface area contributed by atoms with Gasteiger partial charge in [0.15, 0.2) is 0 Å². The largest absolute Gasteiger partial charge is 0.338 e. The van der Waals surface area contributed by atoms with Crippen LogP contribution in [-0.4, -0.2) is 22.6 Å². The van der Waals surface area contributed by atoms with Crippen LogP contribution >= 0.6 is 0 Å². The van der Waals surface area contributed by atoms with Crippen molar-refractivity contribution in [1.29, 1.82) is 0 Å². The third-order valence-corrected chi connectivity index (χ3v) is 4.57. The van der Waals surface area contributed by atoms with Crippen LogP contribution in [0.25, 0.3) is 0 Å². The fourth-order valence-electron chi connectivity index (χ4n) is 2.97. The number of aromatic nitrogens is 2. The molecule has 2 rings (SSSR count). The Kier molecular flexibility index (Phi) is 3.30. The van der Waals surface area contributed by atoms with Crippen molar-refractivity contribution in [2.45, 2.75) is 40.0 Å². The summed E-state index contributed by atoms with van der Waals surface area (Å²) in [6, 6.07) is 0. The second-order valence-corrected chi connectivity index (χ2v) is 6.41. The minimum absolute atomic E-state index is 0.334. The van der Waals surface area contributed by atoms with Gasteiger partial charge in [0.2, 0.25) is 0 Å². The standard InChI is InChI=1S/C14H25N3/c1-13(2,3)14(5-7-15-8-6-14)11-12-16-9-10-17(12)4/h9-10,15H,5-8,11H2,1-4H3. The fraction of sp³-hybridized carbons (Fsp3) is 0.786. The van der Waals surface area contributed by atoms with Crippen molar-refractivity contribution in [3.63, 3.8) is 0 Å². The van der Waals surface area contributed by atoms with E-state index in [1.54, 1.807) is 0 Å². The molecule has 0 aromatic carbocycles. The molecular weight excluding hydrogens is 210 g/mol. The summed E-state index contributed by atoms with van der Waals surface area (Å²) >= 11 is 0. The predicted molar refractivity (Wildman–Crippen MR) is 70.9 cm³/mol. The van der Waals surface area contributed by atoms with E-state index in [1.807, 2.05) is 12.4 Å². The molecule has 0 radical (unpaired) electrons. The van der Waals surface area contributed by atoms with E-state index in [9.17, 15) is 0 Å². The molecule has 0 aliphatic carbocycles. The molecule has 1 aromatic rings. The molecule has 3 heteroatoms. The van der Waals surface area contributed by atoms with E-state index in [2.05, 4.69) is 42.7 Å². The summed E-state index contributed by atoms with van der Waals surface area (Å²) in [6.45, 7) is 9.41. The summed E-state index contributed by atoms with van der Waals surface area (Å²) in [6.07, 6.45) is 7.56. The van der Waals surface area contributed by atoms with Crippen molar-refractivity contribution in [1.82, 2.24) is 14.9 Å². The molecule has 96 valence electrons. The van der Waals surface area contributed by atoms with Crippen LogP contribution in [0.4, 0.5) is 0 Å². The highest BCUT2D eigenvalue weighted by atomic mass is 15.0. The minimum Gasteiger partial charge on any atom is -0.338 e. The smallest absolute Gasteiger partial charge is 0.108 e. The Morgan fingerprint density at radius 3 is 2.47 bits per heavy atom. The maximum Gasteiger partial charge on any atom is 0.108 e. The number of hydrogen-bond donors (Lipinski definition) is 1. The second kappa shape index (κ2) is 4.45. The zero-order valence-corrected chi connectivity index (χ0v) is 11.6. The van der Waals surface area contributed by atoms with Gasteiger partial charge in [0, 0.05) is 25.9 Å². The summed E-state index contributed by atoms with van der Waals surface area (Å²) in [5.41, 5.74) is 0.721. The van der Waals surface area contributed by atoms with Gasteiger partial charge < -0.3 is 9.88 Å². The average molecular weight is 235 g/mol. The quantitative estimate of drug-likeness (QED) is 0.853. The minimum atomic E-state index is 0.334. The molecule has 3 nitrogen and oxygen atoms in total. The van der Waals surface area contributed by atoms with Gasteiger partial charge in [-0.1, -0.05) is 20.8 Å². The third kappa shape index (κ3) is 2.39. The SMILES string of the molecule is Cn1ccnc1CC1(C(C)(C)C)CCNCC1. The molecule has 1 aliphatic rings. The second-order valence-electron chi connectivity index (χ2n) is 6.41. The molecule has 0 unspecified atom stereocenters. The lowest BCUT2D eigenvalue weighted by molar-refractivity contribution is 0.0440. The van der Waals surface area contributed by atoms with E-state index < -0.39 is 0 Å². The van der Waals surface area contributed by atoms with E-state index in [4.69, 9.17) is 0 Å².